The molecule has 0 unspecified atom stereocenters. The molecule has 0 spiro atoms. The first-order valence-corrected chi connectivity index (χ1v) is 6.47. The fourth-order valence-electron chi connectivity index (χ4n) is 2.43. The minimum Gasteiger partial charge on any atom is -0.493 e. The average molecular weight is 257 g/mol. The molecular formula is C16H16FNO. The lowest BCUT2D eigenvalue weighted by Gasteiger charge is -2.07. The van der Waals surface area contributed by atoms with Crippen LogP contribution in [0.25, 0.3) is 11.1 Å². The summed E-state index contributed by atoms with van der Waals surface area (Å²) in [5, 5.41) is 2.96. The molecular weight excluding hydrogens is 241 g/mol. The zero-order valence-corrected chi connectivity index (χ0v) is 10.9. The van der Waals surface area contributed by atoms with Gasteiger partial charge >= 0.3 is 0 Å². The van der Waals surface area contributed by atoms with Gasteiger partial charge in [-0.2, -0.15) is 0 Å². The molecule has 2 nitrogen and oxygen atoms in total. The van der Waals surface area contributed by atoms with Crippen molar-refractivity contribution in [3.8, 4) is 16.9 Å². The summed E-state index contributed by atoms with van der Waals surface area (Å²) in [6, 6.07) is 11.4. The maximum absolute atomic E-state index is 13.9. The minimum absolute atomic E-state index is 0.163. The summed E-state index contributed by atoms with van der Waals surface area (Å²) in [7, 11) is 1.81. The van der Waals surface area contributed by atoms with E-state index in [0.717, 1.165) is 29.9 Å². The Balaban J connectivity index is 1.96. The number of fused-ring (bicyclic) bond motifs is 1. The Hall–Kier alpha value is -1.87. The molecule has 2 aromatic carbocycles. The van der Waals surface area contributed by atoms with Crippen LogP contribution in [-0.4, -0.2) is 13.7 Å². The Morgan fingerprint density at radius 2 is 1.95 bits per heavy atom. The molecule has 0 amide bonds. The Morgan fingerprint density at radius 1 is 1.16 bits per heavy atom. The van der Waals surface area contributed by atoms with Gasteiger partial charge in [-0.25, -0.2) is 4.39 Å². The Morgan fingerprint density at radius 3 is 2.74 bits per heavy atom. The van der Waals surface area contributed by atoms with E-state index in [4.69, 9.17) is 4.74 Å². The van der Waals surface area contributed by atoms with E-state index in [0.29, 0.717) is 12.1 Å². The van der Waals surface area contributed by atoms with Crippen molar-refractivity contribution in [3.63, 3.8) is 0 Å². The molecule has 98 valence electrons. The summed E-state index contributed by atoms with van der Waals surface area (Å²) in [4.78, 5) is 0. The van der Waals surface area contributed by atoms with E-state index in [1.807, 2.05) is 31.3 Å². The molecule has 0 radical (unpaired) electrons. The van der Waals surface area contributed by atoms with Gasteiger partial charge in [0.05, 0.1) is 6.61 Å². The molecule has 2 aromatic rings. The highest BCUT2D eigenvalue weighted by molar-refractivity contribution is 5.66. The summed E-state index contributed by atoms with van der Waals surface area (Å²) < 4.78 is 19.4. The van der Waals surface area contributed by atoms with E-state index in [1.54, 1.807) is 6.07 Å². The number of hydrogen-bond donors (Lipinski definition) is 1. The number of halogens is 1. The number of benzene rings is 2. The van der Waals surface area contributed by atoms with Crippen LogP contribution < -0.4 is 10.1 Å². The van der Waals surface area contributed by atoms with Crippen molar-refractivity contribution >= 4 is 0 Å². The predicted molar refractivity (Wildman–Crippen MR) is 73.8 cm³/mol. The first kappa shape index (κ1) is 12.2. The molecule has 0 saturated carbocycles. The van der Waals surface area contributed by atoms with Gasteiger partial charge in [-0.1, -0.05) is 18.2 Å². The van der Waals surface area contributed by atoms with Crippen LogP contribution in [0.1, 0.15) is 11.1 Å². The third-order valence-electron chi connectivity index (χ3n) is 3.44. The lowest BCUT2D eigenvalue weighted by molar-refractivity contribution is 0.357. The molecule has 0 bridgehead atoms. The molecule has 1 heterocycles. The molecule has 3 heteroatoms. The van der Waals surface area contributed by atoms with Gasteiger partial charge in [0.2, 0.25) is 0 Å². The van der Waals surface area contributed by atoms with E-state index in [1.165, 1.54) is 5.56 Å². The van der Waals surface area contributed by atoms with Crippen LogP contribution in [0.4, 0.5) is 4.39 Å². The summed E-state index contributed by atoms with van der Waals surface area (Å²) in [5.41, 5.74) is 3.85. The van der Waals surface area contributed by atoms with Crippen molar-refractivity contribution in [2.24, 2.45) is 0 Å². The van der Waals surface area contributed by atoms with Crippen LogP contribution in [0.15, 0.2) is 36.4 Å². The molecule has 0 fully saturated rings. The second kappa shape index (κ2) is 5.02. The lowest BCUT2D eigenvalue weighted by Crippen LogP contribution is -2.06. The van der Waals surface area contributed by atoms with E-state index < -0.39 is 0 Å². The number of nitrogens with one attached hydrogen (secondary N) is 1. The maximum Gasteiger partial charge on any atom is 0.128 e. The largest absolute Gasteiger partial charge is 0.493 e. The van der Waals surface area contributed by atoms with Gasteiger partial charge in [-0.15, -0.1) is 0 Å². The third kappa shape index (κ3) is 2.34. The van der Waals surface area contributed by atoms with Crippen molar-refractivity contribution in [1.82, 2.24) is 5.32 Å². The van der Waals surface area contributed by atoms with Crippen molar-refractivity contribution in [2.45, 2.75) is 13.0 Å². The lowest BCUT2D eigenvalue weighted by atomic mass is 10.0. The fraction of sp³-hybridized carbons (Fsp3) is 0.250. The average Bonchev–Trinajstić information content (AvgIpc) is 2.88. The normalized spacial score (nSPS) is 13.2. The second-order valence-electron chi connectivity index (χ2n) is 4.76. The molecule has 19 heavy (non-hydrogen) atoms. The summed E-state index contributed by atoms with van der Waals surface area (Å²) >= 11 is 0. The fourth-order valence-corrected chi connectivity index (χ4v) is 2.43. The molecule has 0 aromatic heterocycles. The highest BCUT2D eigenvalue weighted by atomic mass is 19.1. The SMILES string of the molecule is CNCc1ccc(-c2ccc3c(c2)CCO3)cc1F. The van der Waals surface area contributed by atoms with Crippen LogP contribution in [0.2, 0.25) is 0 Å². The smallest absolute Gasteiger partial charge is 0.128 e. The number of hydrogen-bond acceptors (Lipinski definition) is 2. The van der Waals surface area contributed by atoms with Crippen LogP contribution in [-0.2, 0) is 13.0 Å². The van der Waals surface area contributed by atoms with Gasteiger partial charge in [0, 0.05) is 18.5 Å². The predicted octanol–water partition coefficient (Wildman–Crippen LogP) is 3.15. The van der Waals surface area contributed by atoms with E-state index in [2.05, 4.69) is 11.4 Å². The molecule has 1 aliphatic heterocycles. The Kier molecular flexibility index (Phi) is 3.22. The number of ether oxygens (including phenoxy) is 1. The van der Waals surface area contributed by atoms with Gasteiger partial charge in [0.15, 0.2) is 0 Å². The van der Waals surface area contributed by atoms with Crippen molar-refractivity contribution < 1.29 is 9.13 Å². The monoisotopic (exact) mass is 257 g/mol. The van der Waals surface area contributed by atoms with E-state index in [9.17, 15) is 4.39 Å². The molecule has 3 rings (SSSR count). The summed E-state index contributed by atoms with van der Waals surface area (Å²) in [5.74, 6) is 0.791. The molecule has 0 saturated heterocycles. The first-order chi connectivity index (χ1) is 9.28. The Bertz CT molecular complexity index is 610. The van der Waals surface area contributed by atoms with Crippen LogP contribution >= 0.6 is 0 Å². The highest BCUT2D eigenvalue weighted by Gasteiger charge is 2.13. The zero-order chi connectivity index (χ0) is 13.2. The molecule has 0 aliphatic carbocycles. The van der Waals surface area contributed by atoms with Crippen LogP contribution in [0, 0.1) is 5.82 Å². The standard InChI is InChI=1S/C16H16FNO/c1-18-10-14-3-2-12(9-15(14)17)11-4-5-16-13(8-11)6-7-19-16/h2-5,8-9,18H,6-7,10H2,1H3. The van der Waals surface area contributed by atoms with E-state index in [-0.39, 0.29) is 5.82 Å². The summed E-state index contributed by atoms with van der Waals surface area (Å²) in [6.45, 7) is 1.29. The molecule has 1 N–H and O–H groups in total. The van der Waals surface area contributed by atoms with Gasteiger partial charge < -0.3 is 10.1 Å². The topological polar surface area (TPSA) is 21.3 Å². The van der Waals surface area contributed by atoms with Gasteiger partial charge in [-0.3, -0.25) is 0 Å². The third-order valence-corrected chi connectivity index (χ3v) is 3.44. The van der Waals surface area contributed by atoms with Crippen LogP contribution in [0.5, 0.6) is 5.75 Å². The Labute approximate surface area is 112 Å². The van der Waals surface area contributed by atoms with Crippen molar-refractivity contribution in [3.05, 3.63) is 53.3 Å². The quantitative estimate of drug-likeness (QED) is 0.912. The molecule has 1 aliphatic rings. The van der Waals surface area contributed by atoms with Gasteiger partial charge in [0.25, 0.3) is 0 Å². The highest BCUT2D eigenvalue weighted by Crippen LogP contribution is 2.31. The maximum atomic E-state index is 13.9. The van der Waals surface area contributed by atoms with E-state index >= 15 is 0 Å². The van der Waals surface area contributed by atoms with Crippen LogP contribution in [0.3, 0.4) is 0 Å². The zero-order valence-electron chi connectivity index (χ0n) is 10.9. The molecule has 0 atom stereocenters. The van der Waals surface area contributed by atoms with Gasteiger partial charge in [0.1, 0.15) is 11.6 Å². The van der Waals surface area contributed by atoms with Crippen molar-refractivity contribution in [1.29, 1.82) is 0 Å². The minimum atomic E-state index is -0.163. The summed E-state index contributed by atoms with van der Waals surface area (Å²) in [6.07, 6.45) is 0.934. The second-order valence-corrected chi connectivity index (χ2v) is 4.76. The number of rotatable bonds is 3. The first-order valence-electron chi connectivity index (χ1n) is 6.47. The van der Waals surface area contributed by atoms with Gasteiger partial charge in [-0.05, 0) is 41.9 Å². The van der Waals surface area contributed by atoms with Crippen molar-refractivity contribution in [2.75, 3.05) is 13.7 Å².